The van der Waals surface area contributed by atoms with Gasteiger partial charge in [0, 0.05) is 30.2 Å². The molecule has 0 bridgehead atoms. The molecule has 0 unspecified atom stereocenters. The lowest BCUT2D eigenvalue weighted by molar-refractivity contribution is 0.0600. The minimum absolute atomic E-state index is 0.312. The number of carbonyl (C=O) groups is 1. The highest BCUT2D eigenvalue weighted by Gasteiger charge is 2.07. The predicted molar refractivity (Wildman–Crippen MR) is 86.2 cm³/mol. The molecule has 0 aliphatic rings. The molecule has 0 fully saturated rings. The van der Waals surface area contributed by atoms with Crippen molar-refractivity contribution in [2.45, 2.75) is 13.0 Å². The zero-order valence-electron chi connectivity index (χ0n) is 12.2. The van der Waals surface area contributed by atoms with E-state index in [4.69, 9.17) is 4.74 Å². The van der Waals surface area contributed by atoms with Gasteiger partial charge in [0.05, 0.1) is 12.7 Å². The number of carbonyl (C=O) groups excluding carboxylic acids is 1. The first-order chi connectivity index (χ1) is 10.8. The van der Waals surface area contributed by atoms with E-state index < -0.39 is 0 Å². The quantitative estimate of drug-likeness (QED) is 0.679. The van der Waals surface area contributed by atoms with Gasteiger partial charge in [0.1, 0.15) is 5.82 Å². The van der Waals surface area contributed by atoms with Crippen LogP contribution in [0.15, 0.2) is 54.2 Å². The lowest BCUT2D eigenvalue weighted by Gasteiger charge is -2.08. The fourth-order valence-electron chi connectivity index (χ4n) is 2.28. The molecule has 0 radical (unpaired) electrons. The molecule has 3 aromatic rings. The first-order valence-electron chi connectivity index (χ1n) is 6.96. The first kappa shape index (κ1) is 14.5. The summed E-state index contributed by atoms with van der Waals surface area (Å²) in [5.74, 6) is 0.729. The number of methoxy groups -OCH3 is 1. The molecule has 5 heteroatoms. The standard InChI is InChI=1S/C17H16N2O2S/c1-21-17(20)14-6-4-13(5-7-14)12-19-9-8-18-16(19)11-15-3-2-10-22-15/h2-10H,11-12H2,1H3. The van der Waals surface area contributed by atoms with Crippen molar-refractivity contribution in [2.24, 2.45) is 0 Å². The molecule has 4 nitrogen and oxygen atoms in total. The molecule has 22 heavy (non-hydrogen) atoms. The summed E-state index contributed by atoms with van der Waals surface area (Å²) in [6, 6.07) is 11.6. The molecule has 0 amide bonds. The summed E-state index contributed by atoms with van der Waals surface area (Å²) in [6.45, 7) is 0.738. The highest BCUT2D eigenvalue weighted by atomic mass is 32.1. The molecule has 0 aliphatic heterocycles. The Morgan fingerprint density at radius 1 is 1.27 bits per heavy atom. The van der Waals surface area contributed by atoms with E-state index in [0.29, 0.717) is 5.56 Å². The van der Waals surface area contributed by atoms with Gasteiger partial charge in [-0.1, -0.05) is 18.2 Å². The number of benzene rings is 1. The largest absolute Gasteiger partial charge is 0.465 e. The van der Waals surface area contributed by atoms with Crippen molar-refractivity contribution in [3.63, 3.8) is 0 Å². The van der Waals surface area contributed by atoms with Gasteiger partial charge in [-0.15, -0.1) is 11.3 Å². The Morgan fingerprint density at radius 2 is 2.09 bits per heavy atom. The number of thiophene rings is 1. The van der Waals surface area contributed by atoms with Crippen molar-refractivity contribution in [2.75, 3.05) is 7.11 Å². The average Bonchev–Trinajstić information content (AvgIpc) is 3.20. The van der Waals surface area contributed by atoms with Crippen LogP contribution in [0.3, 0.4) is 0 Å². The molecule has 112 valence electrons. The van der Waals surface area contributed by atoms with Crippen LogP contribution >= 0.6 is 11.3 Å². The third kappa shape index (κ3) is 3.26. The molecule has 0 saturated carbocycles. The number of ether oxygens (including phenoxy) is 1. The smallest absolute Gasteiger partial charge is 0.337 e. The van der Waals surface area contributed by atoms with Crippen LogP contribution in [0.2, 0.25) is 0 Å². The molecule has 0 saturated heterocycles. The topological polar surface area (TPSA) is 44.1 Å². The molecule has 2 heterocycles. The molecule has 2 aromatic heterocycles. The second-order valence-electron chi connectivity index (χ2n) is 4.92. The average molecular weight is 312 g/mol. The highest BCUT2D eigenvalue weighted by Crippen LogP contribution is 2.15. The summed E-state index contributed by atoms with van der Waals surface area (Å²) >= 11 is 1.74. The maximum Gasteiger partial charge on any atom is 0.337 e. The zero-order chi connectivity index (χ0) is 15.4. The van der Waals surface area contributed by atoms with Gasteiger partial charge in [-0.05, 0) is 29.1 Å². The summed E-state index contributed by atoms with van der Waals surface area (Å²) in [7, 11) is 1.39. The van der Waals surface area contributed by atoms with Crippen LogP contribution in [-0.2, 0) is 17.7 Å². The second kappa shape index (κ2) is 6.58. The maximum absolute atomic E-state index is 11.4. The fraction of sp³-hybridized carbons (Fsp3) is 0.176. The van der Waals surface area contributed by atoms with Crippen molar-refractivity contribution in [1.29, 1.82) is 0 Å². The van der Waals surface area contributed by atoms with E-state index >= 15 is 0 Å². The molecule has 0 atom stereocenters. The third-order valence-corrected chi connectivity index (χ3v) is 4.32. The molecule has 0 spiro atoms. The maximum atomic E-state index is 11.4. The zero-order valence-corrected chi connectivity index (χ0v) is 13.0. The van der Waals surface area contributed by atoms with Crippen LogP contribution < -0.4 is 0 Å². The van der Waals surface area contributed by atoms with Crippen LogP contribution in [0.5, 0.6) is 0 Å². The van der Waals surface area contributed by atoms with Crippen LogP contribution in [0.1, 0.15) is 26.6 Å². The van der Waals surface area contributed by atoms with Gasteiger partial charge >= 0.3 is 5.97 Å². The number of rotatable bonds is 5. The van der Waals surface area contributed by atoms with Gasteiger partial charge in [-0.25, -0.2) is 9.78 Å². The van der Waals surface area contributed by atoms with Crippen molar-refractivity contribution >= 4 is 17.3 Å². The van der Waals surface area contributed by atoms with Crippen molar-refractivity contribution in [3.05, 3.63) is 76.0 Å². The molecular formula is C17H16N2O2S. The van der Waals surface area contributed by atoms with Gasteiger partial charge in [-0.2, -0.15) is 0 Å². The molecule has 1 aromatic carbocycles. The van der Waals surface area contributed by atoms with Crippen LogP contribution in [0, 0.1) is 0 Å². The fourth-order valence-corrected chi connectivity index (χ4v) is 2.98. The van der Waals surface area contributed by atoms with Gasteiger partial charge in [0.2, 0.25) is 0 Å². The number of esters is 1. The monoisotopic (exact) mass is 312 g/mol. The Bertz CT molecular complexity index is 745. The Labute approximate surface area is 133 Å². The Morgan fingerprint density at radius 3 is 2.77 bits per heavy atom. The lowest BCUT2D eigenvalue weighted by Crippen LogP contribution is -2.05. The van der Waals surface area contributed by atoms with E-state index in [0.717, 1.165) is 24.4 Å². The van der Waals surface area contributed by atoms with Crippen molar-refractivity contribution in [1.82, 2.24) is 9.55 Å². The summed E-state index contributed by atoms with van der Waals surface area (Å²) in [6.07, 6.45) is 4.65. The minimum atomic E-state index is -0.312. The van der Waals surface area contributed by atoms with E-state index in [2.05, 4.69) is 27.1 Å². The van der Waals surface area contributed by atoms with E-state index in [1.807, 2.05) is 24.5 Å². The van der Waals surface area contributed by atoms with Crippen LogP contribution in [0.4, 0.5) is 0 Å². The van der Waals surface area contributed by atoms with Gasteiger partial charge in [0.25, 0.3) is 0 Å². The number of imidazole rings is 1. The summed E-state index contributed by atoms with van der Waals surface area (Å²) in [4.78, 5) is 17.2. The van der Waals surface area contributed by atoms with E-state index in [1.54, 1.807) is 23.5 Å². The van der Waals surface area contributed by atoms with Crippen LogP contribution in [0.25, 0.3) is 0 Å². The SMILES string of the molecule is COC(=O)c1ccc(Cn2ccnc2Cc2cccs2)cc1. The Kier molecular flexibility index (Phi) is 4.34. The van der Waals surface area contributed by atoms with Gasteiger partial charge in [-0.3, -0.25) is 0 Å². The highest BCUT2D eigenvalue weighted by molar-refractivity contribution is 7.09. The predicted octanol–water partition coefficient (Wildman–Crippen LogP) is 3.37. The summed E-state index contributed by atoms with van der Waals surface area (Å²) < 4.78 is 6.84. The number of nitrogens with zero attached hydrogens (tertiary/aromatic N) is 2. The number of hydrogen-bond donors (Lipinski definition) is 0. The Hall–Kier alpha value is -2.40. The van der Waals surface area contributed by atoms with Crippen molar-refractivity contribution < 1.29 is 9.53 Å². The van der Waals surface area contributed by atoms with E-state index in [1.165, 1.54) is 12.0 Å². The number of hydrogen-bond acceptors (Lipinski definition) is 4. The third-order valence-electron chi connectivity index (χ3n) is 3.44. The van der Waals surface area contributed by atoms with E-state index in [9.17, 15) is 4.79 Å². The van der Waals surface area contributed by atoms with E-state index in [-0.39, 0.29) is 5.97 Å². The molecule has 0 N–H and O–H groups in total. The second-order valence-corrected chi connectivity index (χ2v) is 5.95. The Balaban J connectivity index is 1.73. The van der Waals surface area contributed by atoms with Gasteiger partial charge in [0.15, 0.2) is 0 Å². The van der Waals surface area contributed by atoms with Crippen molar-refractivity contribution in [3.8, 4) is 0 Å². The summed E-state index contributed by atoms with van der Waals surface area (Å²) in [5.41, 5.74) is 1.69. The van der Waals surface area contributed by atoms with Crippen LogP contribution in [-0.4, -0.2) is 22.6 Å². The lowest BCUT2D eigenvalue weighted by atomic mass is 10.1. The van der Waals surface area contributed by atoms with Gasteiger partial charge < -0.3 is 9.30 Å². The minimum Gasteiger partial charge on any atom is -0.465 e. The first-order valence-corrected chi connectivity index (χ1v) is 7.84. The summed E-state index contributed by atoms with van der Waals surface area (Å²) in [5, 5.41) is 2.08. The number of aromatic nitrogens is 2. The molecular weight excluding hydrogens is 296 g/mol. The normalized spacial score (nSPS) is 10.6. The molecule has 0 aliphatic carbocycles. The molecule has 3 rings (SSSR count).